The predicted octanol–water partition coefficient (Wildman–Crippen LogP) is 2.28. The third kappa shape index (κ3) is 5.04. The number of benzene rings is 3. The van der Waals surface area contributed by atoms with Crippen molar-refractivity contribution in [2.75, 3.05) is 13.2 Å². The van der Waals surface area contributed by atoms with E-state index in [0.29, 0.717) is 28.4 Å². The Kier molecular flexibility index (Phi) is 6.31. The number of nitrogens with one attached hydrogen (secondary N) is 2. The molecule has 0 radical (unpaired) electrons. The van der Waals surface area contributed by atoms with E-state index >= 15 is 0 Å². The van der Waals surface area contributed by atoms with Crippen molar-refractivity contribution in [1.29, 1.82) is 0 Å². The van der Waals surface area contributed by atoms with Crippen LogP contribution in [-0.2, 0) is 9.59 Å². The van der Waals surface area contributed by atoms with Crippen LogP contribution >= 0.6 is 0 Å². The van der Waals surface area contributed by atoms with Gasteiger partial charge in [-0.05, 0) is 36.4 Å². The second kappa shape index (κ2) is 9.65. The summed E-state index contributed by atoms with van der Waals surface area (Å²) in [5.74, 6) is 0.232. The van der Waals surface area contributed by atoms with Gasteiger partial charge in [-0.3, -0.25) is 25.2 Å². The third-order valence-electron chi connectivity index (χ3n) is 4.65. The van der Waals surface area contributed by atoms with E-state index in [4.69, 9.17) is 14.2 Å². The fourth-order valence-electron chi connectivity index (χ4n) is 3.00. The molecule has 2 N–H and O–H groups in total. The molecule has 0 bridgehead atoms. The summed E-state index contributed by atoms with van der Waals surface area (Å²) in [6.45, 7) is -0.291. The second-order valence-corrected chi connectivity index (χ2v) is 6.91. The van der Waals surface area contributed by atoms with Gasteiger partial charge in [-0.2, -0.15) is 0 Å². The Morgan fingerprint density at radius 2 is 1.47 bits per heavy atom. The molecule has 0 fully saturated rings. The number of hydrazine groups is 1. The van der Waals surface area contributed by atoms with Crippen molar-refractivity contribution in [2.45, 2.75) is 6.10 Å². The smallest absolute Gasteiger partial charge is 0.283 e. The van der Waals surface area contributed by atoms with Crippen LogP contribution in [0.2, 0.25) is 0 Å². The van der Waals surface area contributed by atoms with Crippen molar-refractivity contribution < 1.29 is 28.6 Å². The molecule has 0 saturated carbocycles. The quantitative estimate of drug-likeness (QED) is 0.458. The van der Waals surface area contributed by atoms with E-state index in [1.165, 1.54) is 0 Å². The first-order valence-electron chi connectivity index (χ1n) is 9.90. The van der Waals surface area contributed by atoms with Crippen molar-refractivity contribution in [3.8, 4) is 17.2 Å². The number of para-hydroxylation sites is 2. The zero-order valence-electron chi connectivity index (χ0n) is 16.9. The van der Waals surface area contributed by atoms with Crippen LogP contribution in [0.15, 0.2) is 78.9 Å². The average molecular weight is 432 g/mol. The molecule has 1 aliphatic heterocycles. The standard InChI is InChI=1S/C24H20N2O6/c27-22(25-26-24(29)21-14-31-19-8-4-5-9-20(19)32-21)15-30-18-12-10-17(11-13-18)23(28)16-6-2-1-3-7-16/h1-13,21H,14-15H2,(H,25,27)(H,26,29)/t21-/m1/s1. The lowest BCUT2D eigenvalue weighted by Gasteiger charge is -2.25. The normalized spacial score (nSPS) is 14.2. The lowest BCUT2D eigenvalue weighted by Crippen LogP contribution is -2.51. The maximum Gasteiger partial charge on any atom is 0.283 e. The van der Waals surface area contributed by atoms with Gasteiger partial charge in [-0.15, -0.1) is 0 Å². The Morgan fingerprint density at radius 1 is 0.812 bits per heavy atom. The lowest BCUT2D eigenvalue weighted by atomic mass is 10.0. The van der Waals surface area contributed by atoms with Gasteiger partial charge >= 0.3 is 0 Å². The van der Waals surface area contributed by atoms with Crippen LogP contribution in [0, 0.1) is 0 Å². The van der Waals surface area contributed by atoms with Gasteiger partial charge in [0.2, 0.25) is 6.10 Å². The predicted molar refractivity (Wildman–Crippen MR) is 114 cm³/mol. The number of fused-ring (bicyclic) bond motifs is 1. The second-order valence-electron chi connectivity index (χ2n) is 6.91. The summed E-state index contributed by atoms with van der Waals surface area (Å²) >= 11 is 0. The lowest BCUT2D eigenvalue weighted by molar-refractivity contribution is -0.135. The van der Waals surface area contributed by atoms with Crippen molar-refractivity contribution in [1.82, 2.24) is 10.9 Å². The minimum absolute atomic E-state index is 0.0310. The topological polar surface area (TPSA) is 103 Å². The van der Waals surface area contributed by atoms with E-state index in [1.807, 2.05) is 6.07 Å². The first kappa shape index (κ1) is 20.9. The zero-order chi connectivity index (χ0) is 22.3. The van der Waals surface area contributed by atoms with E-state index in [9.17, 15) is 14.4 Å². The first-order chi connectivity index (χ1) is 15.6. The number of rotatable bonds is 6. The Hall–Kier alpha value is -4.33. The fourth-order valence-corrected chi connectivity index (χ4v) is 3.00. The Bertz CT molecular complexity index is 1110. The summed E-state index contributed by atoms with van der Waals surface area (Å²) in [7, 11) is 0. The maximum absolute atomic E-state index is 12.4. The van der Waals surface area contributed by atoms with Gasteiger partial charge in [0.1, 0.15) is 12.4 Å². The van der Waals surface area contributed by atoms with Crippen molar-refractivity contribution in [3.05, 3.63) is 90.0 Å². The molecule has 4 rings (SSSR count). The summed E-state index contributed by atoms with van der Waals surface area (Å²) in [6.07, 6.45) is -0.888. The summed E-state index contributed by atoms with van der Waals surface area (Å²) < 4.78 is 16.4. The number of ketones is 1. The van der Waals surface area contributed by atoms with Crippen LogP contribution in [0.1, 0.15) is 15.9 Å². The average Bonchev–Trinajstić information content (AvgIpc) is 2.86. The molecule has 1 atom stereocenters. The molecule has 1 heterocycles. The minimum atomic E-state index is -0.888. The highest BCUT2D eigenvalue weighted by atomic mass is 16.6. The number of ether oxygens (including phenoxy) is 3. The fraction of sp³-hybridized carbons (Fsp3) is 0.125. The molecule has 162 valence electrons. The summed E-state index contributed by atoms with van der Waals surface area (Å²) in [5.41, 5.74) is 5.67. The number of amides is 2. The van der Waals surface area contributed by atoms with Gasteiger partial charge in [0.15, 0.2) is 23.9 Å². The minimum Gasteiger partial charge on any atom is -0.485 e. The van der Waals surface area contributed by atoms with E-state index in [0.717, 1.165) is 0 Å². The highest BCUT2D eigenvalue weighted by Crippen LogP contribution is 2.30. The Balaban J connectivity index is 1.22. The van der Waals surface area contributed by atoms with Crippen LogP contribution in [0.4, 0.5) is 0 Å². The molecule has 0 aliphatic carbocycles. The molecular weight excluding hydrogens is 412 g/mol. The zero-order valence-corrected chi connectivity index (χ0v) is 16.9. The molecule has 8 heteroatoms. The van der Waals surface area contributed by atoms with Crippen molar-refractivity contribution in [3.63, 3.8) is 0 Å². The largest absolute Gasteiger partial charge is 0.485 e. The monoisotopic (exact) mass is 432 g/mol. The first-order valence-corrected chi connectivity index (χ1v) is 9.90. The van der Waals surface area contributed by atoms with Crippen LogP contribution < -0.4 is 25.1 Å². The van der Waals surface area contributed by atoms with Gasteiger partial charge in [-0.25, -0.2) is 0 Å². The molecule has 8 nitrogen and oxygen atoms in total. The molecule has 0 unspecified atom stereocenters. The van der Waals surface area contributed by atoms with E-state index < -0.39 is 17.9 Å². The molecular formula is C24H20N2O6. The molecule has 0 spiro atoms. The Morgan fingerprint density at radius 3 is 2.22 bits per heavy atom. The van der Waals surface area contributed by atoms with Crippen LogP contribution in [-0.4, -0.2) is 36.9 Å². The number of hydrogen-bond acceptors (Lipinski definition) is 6. The molecule has 32 heavy (non-hydrogen) atoms. The highest BCUT2D eigenvalue weighted by Gasteiger charge is 2.27. The highest BCUT2D eigenvalue weighted by molar-refractivity contribution is 6.09. The van der Waals surface area contributed by atoms with Gasteiger partial charge < -0.3 is 14.2 Å². The number of carbonyl (C=O) groups is 3. The maximum atomic E-state index is 12.4. The number of carbonyl (C=O) groups excluding carboxylic acids is 3. The van der Waals surface area contributed by atoms with Gasteiger partial charge in [0.25, 0.3) is 11.8 Å². The van der Waals surface area contributed by atoms with Crippen LogP contribution in [0.5, 0.6) is 17.2 Å². The molecule has 2 amide bonds. The van der Waals surface area contributed by atoms with E-state index in [-0.39, 0.29) is 19.0 Å². The van der Waals surface area contributed by atoms with Gasteiger partial charge in [0, 0.05) is 11.1 Å². The molecule has 1 aliphatic rings. The molecule has 0 saturated heterocycles. The summed E-state index contributed by atoms with van der Waals surface area (Å²) in [5, 5.41) is 0. The van der Waals surface area contributed by atoms with E-state index in [2.05, 4.69) is 10.9 Å². The van der Waals surface area contributed by atoms with Crippen LogP contribution in [0.25, 0.3) is 0 Å². The molecule has 0 aromatic heterocycles. The molecule has 3 aromatic carbocycles. The molecule has 3 aromatic rings. The van der Waals surface area contributed by atoms with Crippen LogP contribution in [0.3, 0.4) is 0 Å². The van der Waals surface area contributed by atoms with Crippen molar-refractivity contribution >= 4 is 17.6 Å². The summed E-state index contributed by atoms with van der Waals surface area (Å²) in [4.78, 5) is 36.6. The Labute approximate surface area is 184 Å². The third-order valence-corrected chi connectivity index (χ3v) is 4.65. The van der Waals surface area contributed by atoms with Gasteiger partial charge in [0.05, 0.1) is 0 Å². The number of hydrogen-bond donors (Lipinski definition) is 2. The van der Waals surface area contributed by atoms with Crippen molar-refractivity contribution in [2.24, 2.45) is 0 Å². The van der Waals surface area contributed by atoms with Gasteiger partial charge in [-0.1, -0.05) is 42.5 Å². The SMILES string of the molecule is O=C(COc1ccc(C(=O)c2ccccc2)cc1)NNC(=O)[C@H]1COc2ccccc2O1. The summed E-state index contributed by atoms with van der Waals surface area (Å²) in [6, 6.07) is 22.4. The van der Waals surface area contributed by atoms with E-state index in [1.54, 1.807) is 72.8 Å².